The van der Waals surface area contributed by atoms with Gasteiger partial charge < -0.3 is 35.0 Å². The van der Waals surface area contributed by atoms with Gasteiger partial charge in [0, 0.05) is 49.6 Å². The van der Waals surface area contributed by atoms with Crippen molar-refractivity contribution in [2.45, 2.75) is 58.3 Å². The Morgan fingerprint density at radius 3 is 2.35 bits per heavy atom. The van der Waals surface area contributed by atoms with E-state index in [-0.39, 0.29) is 48.7 Å². The first-order valence-corrected chi connectivity index (χ1v) is 15.9. The summed E-state index contributed by atoms with van der Waals surface area (Å²) in [6, 6.07) is 22.2. The first-order valence-electron chi connectivity index (χ1n) is 15.9. The molecule has 4 amide bonds. The maximum atomic E-state index is 14.3. The van der Waals surface area contributed by atoms with Gasteiger partial charge in [-0.2, -0.15) is 0 Å². The lowest BCUT2D eigenvalue weighted by Gasteiger charge is -2.36. The van der Waals surface area contributed by atoms with Crippen molar-refractivity contribution in [3.05, 3.63) is 90.0 Å². The van der Waals surface area contributed by atoms with Gasteiger partial charge in [0.25, 0.3) is 11.8 Å². The summed E-state index contributed by atoms with van der Waals surface area (Å²) < 4.78 is 12.7. The number of aliphatic hydroxyl groups is 1. The standard InChI is InChI=1S/C36H46N4O6/c1-25-22-40(26(2)24-41)35(43)31-21-30(38-36(44)37-29-16-9-6-10-17-29)18-19-32(31)46-27(3)13-11-12-20-45-33(25)23-39(4)34(42)28-14-7-5-8-15-28/h5-10,14-19,21,25-27,33,41H,11-13,20,22-24H2,1-4H3,(H2,37,38,44)/t25-,26+,27-,33-/m1/s1. The molecule has 0 unspecified atom stereocenters. The van der Waals surface area contributed by atoms with E-state index in [4.69, 9.17) is 9.47 Å². The van der Waals surface area contributed by atoms with Gasteiger partial charge in [0.15, 0.2) is 0 Å². The van der Waals surface area contributed by atoms with Crippen LogP contribution < -0.4 is 15.4 Å². The highest BCUT2D eigenvalue weighted by Crippen LogP contribution is 2.29. The van der Waals surface area contributed by atoms with E-state index in [2.05, 4.69) is 10.6 Å². The number of nitrogens with zero attached hydrogens (tertiary/aromatic N) is 2. The Morgan fingerprint density at radius 1 is 0.978 bits per heavy atom. The lowest BCUT2D eigenvalue weighted by Crippen LogP contribution is -2.48. The van der Waals surface area contributed by atoms with Crippen molar-refractivity contribution in [1.29, 1.82) is 0 Å². The SMILES string of the molecule is C[C@@H]1CCCCO[C@H](CN(C)C(=O)c2ccccc2)[C@H](C)CN([C@@H](C)CO)C(=O)c2cc(NC(=O)Nc3ccccc3)ccc2O1. The molecule has 0 aliphatic carbocycles. The van der Waals surface area contributed by atoms with E-state index < -0.39 is 12.1 Å². The maximum Gasteiger partial charge on any atom is 0.323 e. The predicted octanol–water partition coefficient (Wildman–Crippen LogP) is 5.90. The van der Waals surface area contributed by atoms with Crippen molar-refractivity contribution in [2.75, 3.05) is 44.0 Å². The second-order valence-electron chi connectivity index (χ2n) is 12.0. The summed E-state index contributed by atoms with van der Waals surface area (Å²) in [5.41, 5.74) is 1.93. The fourth-order valence-electron chi connectivity index (χ4n) is 5.43. The van der Waals surface area contributed by atoms with Crippen LogP contribution in [0.4, 0.5) is 16.2 Å². The molecule has 0 bridgehead atoms. The zero-order valence-electron chi connectivity index (χ0n) is 27.1. The van der Waals surface area contributed by atoms with Crippen LogP contribution in [0.15, 0.2) is 78.9 Å². The smallest absolute Gasteiger partial charge is 0.323 e. The van der Waals surface area contributed by atoms with Gasteiger partial charge in [-0.3, -0.25) is 9.59 Å². The number of amides is 4. The molecular formula is C36H46N4O6. The predicted molar refractivity (Wildman–Crippen MR) is 179 cm³/mol. The van der Waals surface area contributed by atoms with E-state index in [1.807, 2.05) is 50.2 Å². The normalized spacial score (nSPS) is 20.0. The van der Waals surface area contributed by atoms with E-state index in [1.165, 1.54) is 0 Å². The summed E-state index contributed by atoms with van der Waals surface area (Å²) in [6.07, 6.45) is 1.89. The second-order valence-corrected chi connectivity index (χ2v) is 12.0. The highest BCUT2D eigenvalue weighted by Gasteiger charge is 2.31. The Balaban J connectivity index is 1.60. The molecule has 4 atom stereocenters. The minimum absolute atomic E-state index is 0.108. The van der Waals surface area contributed by atoms with E-state index in [0.29, 0.717) is 35.8 Å². The molecule has 0 saturated heterocycles. The van der Waals surface area contributed by atoms with E-state index in [1.54, 1.807) is 66.2 Å². The Kier molecular flexibility index (Phi) is 12.6. The van der Waals surface area contributed by atoms with Crippen LogP contribution in [0.25, 0.3) is 0 Å². The number of anilines is 2. The first-order chi connectivity index (χ1) is 22.2. The molecule has 10 nitrogen and oxygen atoms in total. The molecule has 246 valence electrons. The molecule has 3 aromatic carbocycles. The number of hydrogen-bond donors (Lipinski definition) is 3. The van der Waals surface area contributed by atoms with Crippen molar-refractivity contribution >= 4 is 29.2 Å². The number of ether oxygens (including phenoxy) is 2. The fourth-order valence-corrected chi connectivity index (χ4v) is 5.43. The summed E-state index contributed by atoms with van der Waals surface area (Å²) >= 11 is 0. The van der Waals surface area contributed by atoms with Crippen LogP contribution in [0.3, 0.4) is 0 Å². The average molecular weight is 631 g/mol. The lowest BCUT2D eigenvalue weighted by molar-refractivity contribution is -0.0149. The number of rotatable bonds is 7. The van der Waals surface area contributed by atoms with Crippen LogP contribution in [0.2, 0.25) is 0 Å². The molecule has 1 aliphatic heterocycles. The number of fused-ring (bicyclic) bond motifs is 1. The molecule has 0 fully saturated rings. The van der Waals surface area contributed by atoms with Gasteiger partial charge in [-0.25, -0.2) is 4.79 Å². The maximum absolute atomic E-state index is 14.3. The third-order valence-corrected chi connectivity index (χ3v) is 8.16. The average Bonchev–Trinajstić information content (AvgIpc) is 3.06. The minimum Gasteiger partial charge on any atom is -0.490 e. The van der Waals surface area contributed by atoms with Crippen LogP contribution in [-0.4, -0.2) is 84.4 Å². The molecule has 10 heteroatoms. The van der Waals surface area contributed by atoms with Gasteiger partial charge >= 0.3 is 6.03 Å². The largest absolute Gasteiger partial charge is 0.490 e. The van der Waals surface area contributed by atoms with Crippen molar-refractivity contribution in [2.24, 2.45) is 5.92 Å². The number of carbonyl (C=O) groups is 3. The Morgan fingerprint density at radius 2 is 1.65 bits per heavy atom. The highest BCUT2D eigenvalue weighted by atomic mass is 16.5. The zero-order valence-corrected chi connectivity index (χ0v) is 27.1. The van der Waals surface area contributed by atoms with Crippen molar-refractivity contribution < 1.29 is 29.0 Å². The number of para-hydroxylation sites is 1. The molecule has 0 aromatic heterocycles. The zero-order chi connectivity index (χ0) is 33.1. The topological polar surface area (TPSA) is 120 Å². The third-order valence-electron chi connectivity index (χ3n) is 8.16. The second kappa shape index (κ2) is 16.8. The molecule has 0 saturated carbocycles. The van der Waals surface area contributed by atoms with Crippen LogP contribution in [0.5, 0.6) is 5.75 Å². The number of aliphatic hydroxyl groups excluding tert-OH is 1. The van der Waals surface area contributed by atoms with Gasteiger partial charge in [0.1, 0.15) is 5.75 Å². The molecule has 0 radical (unpaired) electrons. The molecule has 1 aliphatic rings. The molecule has 3 aromatic rings. The Bertz CT molecular complexity index is 1440. The number of benzene rings is 3. The monoisotopic (exact) mass is 630 g/mol. The lowest BCUT2D eigenvalue weighted by atomic mass is 10.0. The number of urea groups is 1. The molecular weight excluding hydrogens is 584 g/mol. The van der Waals surface area contributed by atoms with Crippen LogP contribution >= 0.6 is 0 Å². The molecule has 1 heterocycles. The van der Waals surface area contributed by atoms with E-state index >= 15 is 0 Å². The van der Waals surface area contributed by atoms with Crippen molar-refractivity contribution in [3.8, 4) is 5.75 Å². The molecule has 0 spiro atoms. The van der Waals surface area contributed by atoms with E-state index in [0.717, 1.165) is 19.3 Å². The number of hydrogen-bond acceptors (Lipinski definition) is 6. The minimum atomic E-state index is -0.518. The van der Waals surface area contributed by atoms with Gasteiger partial charge in [-0.1, -0.05) is 43.3 Å². The van der Waals surface area contributed by atoms with Crippen LogP contribution in [0, 0.1) is 5.92 Å². The Labute approximate surface area is 271 Å². The summed E-state index contributed by atoms with van der Waals surface area (Å²) in [5, 5.41) is 15.8. The number of carbonyl (C=O) groups excluding carboxylic acids is 3. The number of nitrogens with one attached hydrogen (secondary N) is 2. The number of likely N-dealkylation sites (N-methyl/N-ethyl adjacent to an activating group) is 1. The highest BCUT2D eigenvalue weighted by molar-refractivity contribution is 6.02. The van der Waals surface area contributed by atoms with Gasteiger partial charge in [-0.05, 0) is 75.6 Å². The molecule has 46 heavy (non-hydrogen) atoms. The van der Waals surface area contributed by atoms with Gasteiger partial charge in [0.05, 0.1) is 30.4 Å². The third kappa shape index (κ3) is 9.55. The van der Waals surface area contributed by atoms with Crippen molar-refractivity contribution in [1.82, 2.24) is 9.80 Å². The van der Waals surface area contributed by atoms with E-state index in [9.17, 15) is 19.5 Å². The molecule has 3 N–H and O–H groups in total. The summed E-state index contributed by atoms with van der Waals surface area (Å²) in [6.45, 7) is 6.60. The Hall–Kier alpha value is -4.41. The quantitative estimate of drug-likeness (QED) is 0.299. The summed E-state index contributed by atoms with van der Waals surface area (Å²) in [7, 11) is 1.76. The van der Waals surface area contributed by atoms with Crippen molar-refractivity contribution in [3.63, 3.8) is 0 Å². The van der Waals surface area contributed by atoms with Gasteiger partial charge in [0.2, 0.25) is 0 Å². The molecule has 4 rings (SSSR count). The summed E-state index contributed by atoms with van der Waals surface area (Å²) in [5.74, 6) is -0.225. The summed E-state index contributed by atoms with van der Waals surface area (Å²) in [4.78, 5) is 43.5. The van der Waals surface area contributed by atoms with Crippen LogP contribution in [-0.2, 0) is 4.74 Å². The first kappa shape index (κ1) is 34.5. The van der Waals surface area contributed by atoms with Crippen LogP contribution in [0.1, 0.15) is 60.7 Å². The van der Waals surface area contributed by atoms with Gasteiger partial charge in [-0.15, -0.1) is 0 Å². The fraction of sp³-hybridized carbons (Fsp3) is 0.417.